The number of rotatable bonds is 10. The van der Waals surface area contributed by atoms with Gasteiger partial charge >= 0.3 is 0 Å². The average molecular weight is 513 g/mol. The molecular formula is C21H32IN5O2. The molecule has 0 spiro atoms. The van der Waals surface area contributed by atoms with Gasteiger partial charge in [0, 0.05) is 38.0 Å². The molecule has 29 heavy (non-hydrogen) atoms. The Balaban J connectivity index is 0.00000420. The fourth-order valence-electron chi connectivity index (χ4n) is 2.80. The van der Waals surface area contributed by atoms with Crippen molar-refractivity contribution in [2.75, 3.05) is 13.1 Å². The van der Waals surface area contributed by atoms with Crippen LogP contribution in [0, 0.1) is 0 Å². The van der Waals surface area contributed by atoms with Gasteiger partial charge in [0.25, 0.3) is 0 Å². The second-order valence-electron chi connectivity index (χ2n) is 6.37. The van der Waals surface area contributed by atoms with Crippen LogP contribution in [0.5, 0.6) is 0 Å². The summed E-state index contributed by atoms with van der Waals surface area (Å²) < 4.78 is 5.39. The van der Waals surface area contributed by atoms with Crippen molar-refractivity contribution in [2.24, 2.45) is 4.99 Å². The second-order valence-corrected chi connectivity index (χ2v) is 6.37. The first-order valence-corrected chi connectivity index (χ1v) is 9.96. The van der Waals surface area contributed by atoms with E-state index >= 15 is 0 Å². The molecule has 3 N–H and O–H groups in total. The SMILES string of the molecule is CCNC(=NCc1c(CC)noc1CC)NCCC(=O)NCc1ccccc1.I. The monoisotopic (exact) mass is 513 g/mol. The highest BCUT2D eigenvalue weighted by Gasteiger charge is 2.13. The van der Waals surface area contributed by atoms with Gasteiger partial charge in [-0.05, 0) is 18.9 Å². The highest BCUT2D eigenvalue weighted by molar-refractivity contribution is 14.0. The fraction of sp³-hybridized carbons (Fsp3) is 0.476. The van der Waals surface area contributed by atoms with Crippen molar-refractivity contribution in [1.82, 2.24) is 21.1 Å². The molecule has 1 heterocycles. The minimum atomic E-state index is 0. The van der Waals surface area contributed by atoms with Gasteiger partial charge in [0.15, 0.2) is 5.96 Å². The second kappa shape index (κ2) is 14.0. The average Bonchev–Trinajstić information content (AvgIpc) is 3.13. The molecular weight excluding hydrogens is 481 g/mol. The van der Waals surface area contributed by atoms with Crippen LogP contribution in [0.15, 0.2) is 39.8 Å². The topological polar surface area (TPSA) is 91.6 Å². The summed E-state index contributed by atoms with van der Waals surface area (Å²) in [4.78, 5) is 16.7. The smallest absolute Gasteiger partial charge is 0.222 e. The first kappa shape index (κ1) is 24.9. The predicted molar refractivity (Wildman–Crippen MR) is 126 cm³/mol. The van der Waals surface area contributed by atoms with Crippen molar-refractivity contribution in [2.45, 2.75) is 53.1 Å². The summed E-state index contributed by atoms with van der Waals surface area (Å²) in [6.45, 7) is 8.42. The maximum Gasteiger partial charge on any atom is 0.222 e. The van der Waals surface area contributed by atoms with E-state index in [1.54, 1.807) is 0 Å². The lowest BCUT2D eigenvalue weighted by Crippen LogP contribution is -2.39. The van der Waals surface area contributed by atoms with Gasteiger partial charge in [-0.15, -0.1) is 24.0 Å². The van der Waals surface area contributed by atoms with Gasteiger partial charge < -0.3 is 20.5 Å². The lowest BCUT2D eigenvalue weighted by atomic mass is 10.1. The molecule has 0 unspecified atom stereocenters. The molecule has 2 aromatic rings. The van der Waals surface area contributed by atoms with Crippen LogP contribution in [0.1, 0.15) is 49.8 Å². The molecule has 0 saturated carbocycles. The summed E-state index contributed by atoms with van der Waals surface area (Å²) in [7, 11) is 0. The minimum Gasteiger partial charge on any atom is -0.361 e. The van der Waals surface area contributed by atoms with Crippen molar-refractivity contribution in [3.8, 4) is 0 Å². The molecule has 8 heteroatoms. The number of aliphatic imine (C=N–C) groups is 1. The van der Waals surface area contributed by atoms with E-state index in [9.17, 15) is 4.79 Å². The number of aromatic nitrogens is 1. The quantitative estimate of drug-likeness (QED) is 0.258. The summed E-state index contributed by atoms with van der Waals surface area (Å²) >= 11 is 0. The van der Waals surface area contributed by atoms with Gasteiger partial charge in [-0.1, -0.05) is 49.3 Å². The third-order valence-electron chi connectivity index (χ3n) is 4.32. The third-order valence-corrected chi connectivity index (χ3v) is 4.32. The molecule has 1 aromatic carbocycles. The Bertz CT molecular complexity index is 740. The number of halogens is 1. The standard InChI is InChI=1S/C21H31N5O2.HI/c1-4-18-17(19(5-2)28-26-18)15-25-21(22-6-3)23-13-12-20(27)24-14-16-10-8-7-9-11-16;/h7-11H,4-6,12-15H2,1-3H3,(H,24,27)(H2,22,23,25);1H. The summed E-state index contributed by atoms with van der Waals surface area (Å²) in [5, 5.41) is 13.5. The molecule has 0 aliphatic carbocycles. The number of carbonyl (C=O) groups is 1. The van der Waals surface area contributed by atoms with E-state index in [0.717, 1.165) is 42.0 Å². The molecule has 160 valence electrons. The Hall–Kier alpha value is -2.10. The highest BCUT2D eigenvalue weighted by Crippen LogP contribution is 2.16. The van der Waals surface area contributed by atoms with Gasteiger partial charge in [0.05, 0.1) is 12.2 Å². The first-order valence-electron chi connectivity index (χ1n) is 9.96. The number of amides is 1. The van der Waals surface area contributed by atoms with Crippen LogP contribution < -0.4 is 16.0 Å². The molecule has 2 rings (SSSR count). The molecule has 1 amide bonds. The van der Waals surface area contributed by atoms with E-state index in [1.807, 2.05) is 44.2 Å². The number of hydrogen-bond acceptors (Lipinski definition) is 4. The van der Waals surface area contributed by atoms with Crippen LogP contribution in [0.4, 0.5) is 0 Å². The number of aryl methyl sites for hydroxylation is 2. The van der Waals surface area contributed by atoms with Gasteiger partial charge in [-0.2, -0.15) is 0 Å². The number of carbonyl (C=O) groups excluding carboxylic acids is 1. The lowest BCUT2D eigenvalue weighted by Gasteiger charge is -2.11. The number of nitrogens with zero attached hydrogens (tertiary/aromatic N) is 2. The molecule has 0 fully saturated rings. The van der Waals surface area contributed by atoms with E-state index in [1.165, 1.54) is 0 Å². The molecule has 0 aliphatic rings. The van der Waals surface area contributed by atoms with Gasteiger partial charge in [-0.25, -0.2) is 4.99 Å². The molecule has 1 aromatic heterocycles. The maximum atomic E-state index is 12.0. The van der Waals surface area contributed by atoms with Crippen molar-refractivity contribution in [3.05, 3.63) is 52.9 Å². The largest absolute Gasteiger partial charge is 0.361 e. The summed E-state index contributed by atoms with van der Waals surface area (Å²) in [5.74, 6) is 1.58. The van der Waals surface area contributed by atoms with Crippen LogP contribution >= 0.6 is 24.0 Å². The third kappa shape index (κ3) is 8.43. The molecule has 0 saturated heterocycles. The van der Waals surface area contributed by atoms with Crippen LogP contribution in [0.25, 0.3) is 0 Å². The van der Waals surface area contributed by atoms with Crippen LogP contribution in [-0.2, 0) is 30.7 Å². The van der Waals surface area contributed by atoms with Gasteiger partial charge in [0.1, 0.15) is 5.76 Å². The predicted octanol–water partition coefficient (Wildman–Crippen LogP) is 3.18. The number of guanidine groups is 1. The van der Waals surface area contributed by atoms with E-state index in [0.29, 0.717) is 32.0 Å². The fourth-order valence-corrected chi connectivity index (χ4v) is 2.80. The van der Waals surface area contributed by atoms with Gasteiger partial charge in [0.2, 0.25) is 5.91 Å². The number of nitrogens with one attached hydrogen (secondary N) is 3. The molecule has 0 aliphatic heterocycles. The van der Waals surface area contributed by atoms with Crippen LogP contribution in [-0.4, -0.2) is 30.1 Å². The Morgan fingerprint density at radius 1 is 1.07 bits per heavy atom. The van der Waals surface area contributed by atoms with E-state index in [-0.39, 0.29) is 29.9 Å². The summed E-state index contributed by atoms with van der Waals surface area (Å²) in [6, 6.07) is 9.88. The van der Waals surface area contributed by atoms with E-state index in [2.05, 4.69) is 33.0 Å². The molecule has 0 atom stereocenters. The van der Waals surface area contributed by atoms with E-state index < -0.39 is 0 Å². The Labute approximate surface area is 190 Å². The highest BCUT2D eigenvalue weighted by atomic mass is 127. The lowest BCUT2D eigenvalue weighted by molar-refractivity contribution is -0.121. The van der Waals surface area contributed by atoms with Crippen LogP contribution in [0.2, 0.25) is 0 Å². The Morgan fingerprint density at radius 3 is 2.48 bits per heavy atom. The van der Waals surface area contributed by atoms with Crippen molar-refractivity contribution < 1.29 is 9.32 Å². The van der Waals surface area contributed by atoms with Gasteiger partial charge in [-0.3, -0.25) is 4.79 Å². The van der Waals surface area contributed by atoms with Crippen molar-refractivity contribution in [3.63, 3.8) is 0 Å². The summed E-state index contributed by atoms with van der Waals surface area (Å²) in [6.07, 6.45) is 1.99. The van der Waals surface area contributed by atoms with Crippen molar-refractivity contribution in [1.29, 1.82) is 0 Å². The van der Waals surface area contributed by atoms with Crippen molar-refractivity contribution >= 4 is 35.8 Å². The van der Waals surface area contributed by atoms with E-state index in [4.69, 9.17) is 4.52 Å². The normalized spacial score (nSPS) is 10.9. The number of benzene rings is 1. The molecule has 0 bridgehead atoms. The first-order chi connectivity index (χ1) is 13.7. The minimum absolute atomic E-state index is 0. The number of hydrogen-bond donors (Lipinski definition) is 3. The molecule has 0 radical (unpaired) electrons. The Kier molecular flexibility index (Phi) is 12.0. The summed E-state index contributed by atoms with van der Waals surface area (Å²) in [5.41, 5.74) is 3.10. The molecule has 7 nitrogen and oxygen atoms in total. The maximum absolute atomic E-state index is 12.0. The zero-order valence-electron chi connectivity index (χ0n) is 17.5. The van der Waals surface area contributed by atoms with Crippen LogP contribution in [0.3, 0.4) is 0 Å². The zero-order chi connectivity index (χ0) is 20.2. The Morgan fingerprint density at radius 2 is 1.83 bits per heavy atom. The zero-order valence-corrected chi connectivity index (χ0v) is 19.8.